The van der Waals surface area contributed by atoms with E-state index in [1.54, 1.807) is 12.1 Å². The molecule has 0 aliphatic carbocycles. The molecule has 31 heavy (non-hydrogen) atoms. The number of ether oxygens (including phenoxy) is 1. The van der Waals surface area contributed by atoms with E-state index in [-0.39, 0.29) is 12.2 Å². The van der Waals surface area contributed by atoms with Gasteiger partial charge in [0.1, 0.15) is 17.4 Å². The van der Waals surface area contributed by atoms with Gasteiger partial charge in [0.05, 0.1) is 24.2 Å². The second-order valence-electron chi connectivity index (χ2n) is 6.71. The average Bonchev–Trinajstić information content (AvgIpc) is 2.73. The van der Waals surface area contributed by atoms with Crippen molar-refractivity contribution in [2.75, 3.05) is 22.5 Å². The van der Waals surface area contributed by atoms with Gasteiger partial charge in [0, 0.05) is 6.07 Å². The number of nitrogens with one attached hydrogen (secondary N) is 1. The number of sulfonamides is 1. The molecule has 3 rings (SSSR count). The summed E-state index contributed by atoms with van der Waals surface area (Å²) < 4.78 is 57.6. The molecule has 0 aliphatic heterocycles. The number of nitrogens with zero attached hydrogens (tertiary/aromatic N) is 1. The lowest BCUT2D eigenvalue weighted by Crippen LogP contribution is -2.29. The molecule has 3 aromatic rings. The van der Waals surface area contributed by atoms with Crippen LogP contribution in [0.15, 0.2) is 72.8 Å². The van der Waals surface area contributed by atoms with E-state index in [1.165, 1.54) is 16.4 Å². The van der Waals surface area contributed by atoms with Crippen LogP contribution >= 0.6 is 0 Å². The number of halogens is 2. The summed E-state index contributed by atoms with van der Waals surface area (Å²) in [6.07, 6.45) is 1.12. The minimum atomic E-state index is -3.53. The predicted octanol–water partition coefficient (Wildman–Crippen LogP) is 3.95. The first-order valence-corrected chi connectivity index (χ1v) is 11.1. The zero-order valence-electron chi connectivity index (χ0n) is 16.6. The molecule has 0 fully saturated rings. The van der Waals surface area contributed by atoms with Crippen LogP contribution in [0.4, 0.5) is 20.2 Å². The highest BCUT2D eigenvalue weighted by molar-refractivity contribution is 7.92. The number of rotatable bonds is 8. The Balaban J connectivity index is 1.63. The van der Waals surface area contributed by atoms with Crippen molar-refractivity contribution in [2.45, 2.75) is 6.54 Å². The summed E-state index contributed by atoms with van der Waals surface area (Å²) in [5.74, 6) is -1.94. The van der Waals surface area contributed by atoms with Crippen molar-refractivity contribution in [2.24, 2.45) is 0 Å². The fourth-order valence-electron chi connectivity index (χ4n) is 2.78. The first-order chi connectivity index (χ1) is 14.7. The first-order valence-electron chi connectivity index (χ1n) is 9.22. The second kappa shape index (κ2) is 9.57. The molecule has 0 bridgehead atoms. The lowest BCUT2D eigenvalue weighted by Gasteiger charge is -2.22. The number of carbonyl (C=O) groups is 1. The Labute approximate surface area is 179 Å². The van der Waals surface area contributed by atoms with Crippen molar-refractivity contribution < 1.29 is 26.7 Å². The van der Waals surface area contributed by atoms with Gasteiger partial charge >= 0.3 is 0 Å². The third-order valence-corrected chi connectivity index (χ3v) is 5.41. The Kier molecular flexibility index (Phi) is 6.86. The van der Waals surface area contributed by atoms with E-state index < -0.39 is 34.2 Å². The summed E-state index contributed by atoms with van der Waals surface area (Å²) >= 11 is 0. The van der Waals surface area contributed by atoms with Crippen LogP contribution in [0.3, 0.4) is 0 Å². The zero-order valence-corrected chi connectivity index (χ0v) is 17.4. The molecule has 1 amide bonds. The number of carbonyl (C=O) groups excluding carboxylic acids is 1. The molecule has 9 heteroatoms. The molecule has 0 saturated carbocycles. The SMILES string of the molecule is CS(=O)(=O)N(Cc1ccccc1)c1ccc(OCC(=O)Nc2ccc(F)cc2F)cc1. The van der Waals surface area contributed by atoms with Crippen molar-refractivity contribution in [3.05, 3.63) is 90.0 Å². The second-order valence-corrected chi connectivity index (χ2v) is 8.62. The Bertz CT molecular complexity index is 1150. The fraction of sp³-hybridized carbons (Fsp3) is 0.136. The molecule has 0 aliphatic rings. The van der Waals surface area contributed by atoms with Crippen LogP contribution in [0.1, 0.15) is 5.56 Å². The van der Waals surface area contributed by atoms with Crippen molar-refractivity contribution in [3.63, 3.8) is 0 Å². The van der Waals surface area contributed by atoms with Gasteiger partial charge in [0.25, 0.3) is 5.91 Å². The van der Waals surface area contributed by atoms with Gasteiger partial charge in [0.15, 0.2) is 6.61 Å². The number of anilines is 2. The van der Waals surface area contributed by atoms with E-state index in [1.807, 2.05) is 30.3 Å². The monoisotopic (exact) mass is 446 g/mol. The van der Waals surface area contributed by atoms with Gasteiger partial charge in [-0.2, -0.15) is 0 Å². The van der Waals surface area contributed by atoms with E-state index in [0.717, 1.165) is 24.0 Å². The van der Waals surface area contributed by atoms with E-state index in [2.05, 4.69) is 5.32 Å². The van der Waals surface area contributed by atoms with Gasteiger partial charge in [-0.25, -0.2) is 17.2 Å². The van der Waals surface area contributed by atoms with E-state index in [9.17, 15) is 22.0 Å². The normalized spacial score (nSPS) is 11.1. The van der Waals surface area contributed by atoms with Gasteiger partial charge in [-0.05, 0) is 42.0 Å². The molecule has 0 spiro atoms. The molecular weight excluding hydrogens is 426 g/mol. The summed E-state index contributed by atoms with van der Waals surface area (Å²) in [6.45, 7) is -0.235. The Hall–Kier alpha value is -3.46. The molecule has 0 heterocycles. The largest absolute Gasteiger partial charge is 0.484 e. The van der Waals surface area contributed by atoms with Gasteiger partial charge < -0.3 is 10.1 Å². The minimum absolute atomic E-state index is 0.157. The number of amides is 1. The minimum Gasteiger partial charge on any atom is -0.484 e. The maximum Gasteiger partial charge on any atom is 0.262 e. The third-order valence-electron chi connectivity index (χ3n) is 4.27. The van der Waals surface area contributed by atoms with Crippen LogP contribution in [-0.2, 0) is 21.4 Å². The van der Waals surface area contributed by atoms with Crippen LogP contribution in [0, 0.1) is 11.6 Å². The average molecular weight is 446 g/mol. The predicted molar refractivity (Wildman–Crippen MR) is 114 cm³/mol. The Morgan fingerprint density at radius 1 is 1.00 bits per heavy atom. The quantitative estimate of drug-likeness (QED) is 0.569. The lowest BCUT2D eigenvalue weighted by molar-refractivity contribution is -0.118. The number of benzene rings is 3. The highest BCUT2D eigenvalue weighted by atomic mass is 32.2. The molecule has 0 saturated heterocycles. The molecule has 0 unspecified atom stereocenters. The lowest BCUT2D eigenvalue weighted by atomic mass is 10.2. The summed E-state index contributed by atoms with van der Waals surface area (Å²) in [5, 5.41) is 2.29. The van der Waals surface area contributed by atoms with Crippen molar-refractivity contribution in [1.82, 2.24) is 0 Å². The number of hydrogen-bond acceptors (Lipinski definition) is 4. The maximum absolute atomic E-state index is 13.6. The first kappa shape index (κ1) is 22.2. The molecule has 0 radical (unpaired) electrons. The summed E-state index contributed by atoms with van der Waals surface area (Å²) in [5.41, 5.74) is 1.12. The molecule has 1 N–H and O–H groups in total. The highest BCUT2D eigenvalue weighted by Crippen LogP contribution is 2.24. The van der Waals surface area contributed by atoms with E-state index in [4.69, 9.17) is 4.74 Å². The smallest absolute Gasteiger partial charge is 0.262 e. The summed E-state index contributed by atoms with van der Waals surface area (Å²) in [6, 6.07) is 18.2. The third kappa shape index (κ3) is 6.26. The summed E-state index contributed by atoms with van der Waals surface area (Å²) in [7, 11) is -3.53. The van der Waals surface area contributed by atoms with E-state index >= 15 is 0 Å². The topological polar surface area (TPSA) is 75.7 Å². The summed E-state index contributed by atoms with van der Waals surface area (Å²) in [4.78, 5) is 11.9. The zero-order chi connectivity index (χ0) is 22.4. The molecule has 0 aromatic heterocycles. The molecule has 0 atom stereocenters. The van der Waals surface area contributed by atoms with Crippen LogP contribution < -0.4 is 14.4 Å². The van der Waals surface area contributed by atoms with Crippen molar-refractivity contribution in [1.29, 1.82) is 0 Å². The fourth-order valence-corrected chi connectivity index (χ4v) is 3.67. The van der Waals surface area contributed by atoms with Gasteiger partial charge in [-0.3, -0.25) is 9.10 Å². The number of hydrogen-bond donors (Lipinski definition) is 1. The Morgan fingerprint density at radius 3 is 2.29 bits per heavy atom. The molecule has 6 nitrogen and oxygen atoms in total. The molecule has 162 valence electrons. The van der Waals surface area contributed by atoms with Crippen LogP contribution in [0.2, 0.25) is 0 Å². The molecule has 3 aromatic carbocycles. The van der Waals surface area contributed by atoms with Gasteiger partial charge in [0.2, 0.25) is 10.0 Å². The Morgan fingerprint density at radius 2 is 1.68 bits per heavy atom. The van der Waals surface area contributed by atoms with Crippen LogP contribution in [-0.4, -0.2) is 27.2 Å². The van der Waals surface area contributed by atoms with Crippen LogP contribution in [0.25, 0.3) is 0 Å². The van der Waals surface area contributed by atoms with Crippen molar-refractivity contribution in [3.8, 4) is 5.75 Å². The van der Waals surface area contributed by atoms with Gasteiger partial charge in [-0.15, -0.1) is 0 Å². The standard InChI is InChI=1S/C22H20F2N2O4S/c1-31(28,29)26(14-16-5-3-2-4-6-16)18-8-10-19(11-9-18)30-15-22(27)25-21-12-7-17(23)13-20(21)24/h2-13H,14-15H2,1H3,(H,25,27). The highest BCUT2D eigenvalue weighted by Gasteiger charge is 2.18. The van der Waals surface area contributed by atoms with Gasteiger partial charge in [-0.1, -0.05) is 30.3 Å². The maximum atomic E-state index is 13.6. The van der Waals surface area contributed by atoms with Crippen molar-refractivity contribution >= 4 is 27.3 Å². The van der Waals surface area contributed by atoms with E-state index in [0.29, 0.717) is 17.5 Å². The van der Waals surface area contributed by atoms with Crippen LogP contribution in [0.5, 0.6) is 5.75 Å². The molecular formula is C22H20F2N2O4S.